The Morgan fingerprint density at radius 2 is 1.23 bits per heavy atom. The zero-order valence-electron chi connectivity index (χ0n) is 33.1. The number of amides is 2. The summed E-state index contributed by atoms with van der Waals surface area (Å²) in [7, 11) is 3.11. The zero-order valence-corrected chi connectivity index (χ0v) is 33.1. The number of pyridine rings is 1. The Kier molecular flexibility index (Phi) is 15.9. The van der Waals surface area contributed by atoms with Crippen molar-refractivity contribution in [3.05, 3.63) is 78.7 Å². The SMILES string of the molecule is CCCCCCCCCCCCCCCC(=O)OC[n+]1[c-]cc(Oc2ccc(NC(=O)C3(C(=O)Nc4ccc(F)cc4)CC3)cc2)c2cc(OC)c(OC)cc21. The number of fused-ring (bicyclic) bond motifs is 1. The molecule has 0 aliphatic heterocycles. The van der Waals surface area contributed by atoms with E-state index in [0.717, 1.165) is 19.3 Å². The van der Waals surface area contributed by atoms with Gasteiger partial charge in [0, 0.05) is 23.5 Å². The maximum Gasteiger partial charge on any atom is 0.310 e. The molecule has 1 heterocycles. The summed E-state index contributed by atoms with van der Waals surface area (Å²) in [4.78, 5) is 38.8. The Labute approximate surface area is 330 Å². The highest BCUT2D eigenvalue weighted by atomic mass is 19.1. The summed E-state index contributed by atoms with van der Waals surface area (Å²) in [6, 6.07) is 17.5. The van der Waals surface area contributed by atoms with Crippen LogP contribution in [-0.4, -0.2) is 32.0 Å². The maximum atomic E-state index is 13.3. The predicted molar refractivity (Wildman–Crippen MR) is 214 cm³/mol. The second kappa shape index (κ2) is 21.2. The largest absolute Gasteiger partial charge is 0.516 e. The second-order valence-corrected chi connectivity index (χ2v) is 14.6. The van der Waals surface area contributed by atoms with Crippen LogP contribution in [0, 0.1) is 17.4 Å². The van der Waals surface area contributed by atoms with Crippen LogP contribution in [0.1, 0.15) is 110 Å². The van der Waals surface area contributed by atoms with Gasteiger partial charge in [-0.2, -0.15) is 0 Å². The molecule has 2 amide bonds. The normalized spacial score (nSPS) is 12.9. The van der Waals surface area contributed by atoms with Crippen molar-refractivity contribution in [2.75, 3.05) is 24.9 Å². The van der Waals surface area contributed by atoms with Gasteiger partial charge >= 0.3 is 5.97 Å². The van der Waals surface area contributed by atoms with Gasteiger partial charge in [0.25, 0.3) is 6.73 Å². The van der Waals surface area contributed by atoms with Gasteiger partial charge in [-0.1, -0.05) is 90.0 Å². The number of halogens is 1. The van der Waals surface area contributed by atoms with Gasteiger partial charge in [0.05, 0.1) is 14.2 Å². The highest BCUT2D eigenvalue weighted by Gasteiger charge is 2.56. The van der Waals surface area contributed by atoms with E-state index in [4.69, 9.17) is 18.9 Å². The molecule has 5 rings (SSSR count). The van der Waals surface area contributed by atoms with Crippen molar-refractivity contribution in [1.82, 2.24) is 0 Å². The summed E-state index contributed by atoms with van der Waals surface area (Å²) >= 11 is 0. The molecule has 3 aromatic carbocycles. The molecule has 0 bridgehead atoms. The van der Waals surface area contributed by atoms with Crippen LogP contribution >= 0.6 is 0 Å². The quantitative estimate of drug-likeness (QED) is 0.0240. The summed E-state index contributed by atoms with van der Waals surface area (Å²) in [6.45, 7) is 2.23. The predicted octanol–water partition coefficient (Wildman–Crippen LogP) is 10.2. The van der Waals surface area contributed by atoms with Crippen molar-refractivity contribution in [2.24, 2.45) is 5.41 Å². The monoisotopic (exact) mass is 769 g/mol. The first kappa shape index (κ1) is 42.0. The third-order valence-corrected chi connectivity index (χ3v) is 10.3. The van der Waals surface area contributed by atoms with Crippen molar-refractivity contribution in [3.63, 3.8) is 0 Å². The lowest BCUT2D eigenvalue weighted by molar-refractivity contribution is -0.707. The number of hydrogen-bond donors (Lipinski definition) is 2. The van der Waals surface area contributed by atoms with Crippen LogP contribution in [0.25, 0.3) is 10.9 Å². The third-order valence-electron chi connectivity index (χ3n) is 10.3. The van der Waals surface area contributed by atoms with Crippen LogP contribution < -0.4 is 29.4 Å². The Morgan fingerprint density at radius 1 is 0.714 bits per heavy atom. The van der Waals surface area contributed by atoms with E-state index in [1.165, 1.54) is 88.5 Å². The summed E-state index contributed by atoms with van der Waals surface area (Å²) in [5.74, 6) is 0.454. The molecule has 0 radical (unpaired) electrons. The highest BCUT2D eigenvalue weighted by molar-refractivity contribution is 6.16. The molecule has 1 fully saturated rings. The topological polar surface area (TPSA) is 116 Å². The summed E-state index contributed by atoms with van der Waals surface area (Å²) in [6.07, 6.45) is 20.5. The fraction of sp³-hybridized carbons (Fsp3) is 0.467. The number of methoxy groups -OCH3 is 2. The molecule has 0 unspecified atom stereocenters. The number of nitrogens with zero attached hydrogens (tertiary/aromatic N) is 1. The van der Waals surface area contributed by atoms with Crippen molar-refractivity contribution >= 4 is 40.1 Å². The standard InChI is InChI=1S/C45H56FN3O7/c1-4-5-6-7-8-9-10-11-12-13-14-15-16-17-42(50)55-32-49-29-26-39(37-30-40(53-2)41(54-3)31-38(37)49)56-36-24-22-35(23-25-36)48-44(52)45(27-28-45)43(51)47-34-20-18-33(46)19-21-34/h18-26,30-31H,4-17,27-28,32H2,1-3H3,(H,47,51)(H,48,52). The van der Waals surface area contributed by atoms with Gasteiger partial charge < -0.3 is 29.6 Å². The van der Waals surface area contributed by atoms with Crippen molar-refractivity contribution in [3.8, 4) is 23.0 Å². The summed E-state index contributed by atoms with van der Waals surface area (Å²) < 4.78 is 38.0. The van der Waals surface area contributed by atoms with Gasteiger partial charge in [0.15, 0.2) is 11.5 Å². The van der Waals surface area contributed by atoms with Crippen LogP contribution in [0.4, 0.5) is 15.8 Å². The molecule has 0 atom stereocenters. The summed E-state index contributed by atoms with van der Waals surface area (Å²) in [5, 5.41) is 6.23. The van der Waals surface area contributed by atoms with E-state index in [0.29, 0.717) is 64.5 Å². The van der Waals surface area contributed by atoms with E-state index in [-0.39, 0.29) is 12.7 Å². The van der Waals surface area contributed by atoms with Gasteiger partial charge in [-0.15, -0.1) is 0 Å². The van der Waals surface area contributed by atoms with E-state index in [9.17, 15) is 18.8 Å². The van der Waals surface area contributed by atoms with E-state index in [2.05, 4.69) is 23.8 Å². The number of aromatic nitrogens is 1. The van der Waals surface area contributed by atoms with Gasteiger partial charge in [-0.05, 0) is 85.3 Å². The van der Waals surface area contributed by atoms with Crippen molar-refractivity contribution in [2.45, 2.75) is 116 Å². The molecule has 1 saturated carbocycles. The second-order valence-electron chi connectivity index (χ2n) is 14.6. The number of nitrogens with one attached hydrogen (secondary N) is 2. The minimum absolute atomic E-state index is 0.0264. The third kappa shape index (κ3) is 11.9. The van der Waals surface area contributed by atoms with Gasteiger partial charge in [-0.25, -0.2) is 4.39 Å². The van der Waals surface area contributed by atoms with Crippen LogP contribution in [0.15, 0.2) is 66.7 Å². The fourth-order valence-electron chi connectivity index (χ4n) is 6.71. The minimum Gasteiger partial charge on any atom is -0.516 e. The number of ether oxygens (including phenoxy) is 4. The Bertz CT molecular complexity index is 1890. The number of benzene rings is 3. The zero-order chi connectivity index (χ0) is 39.8. The van der Waals surface area contributed by atoms with Crippen molar-refractivity contribution < 1.29 is 42.3 Å². The molecule has 1 aliphatic rings. The summed E-state index contributed by atoms with van der Waals surface area (Å²) in [5.41, 5.74) is 0.396. The number of carbonyl (C=O) groups excluding carboxylic acids is 3. The molecular formula is C45H56FN3O7. The number of carbonyl (C=O) groups is 3. The lowest BCUT2D eigenvalue weighted by atomic mass is 10.0. The number of anilines is 2. The fourth-order valence-corrected chi connectivity index (χ4v) is 6.71. The van der Waals surface area contributed by atoms with Crippen molar-refractivity contribution in [1.29, 1.82) is 0 Å². The molecule has 1 aliphatic carbocycles. The Hall–Kier alpha value is -5.19. The highest BCUT2D eigenvalue weighted by Crippen LogP contribution is 2.47. The number of esters is 1. The first-order valence-corrected chi connectivity index (χ1v) is 20.1. The molecule has 300 valence electrons. The molecule has 4 aromatic rings. The minimum atomic E-state index is -1.18. The molecule has 0 saturated heterocycles. The number of hydrogen-bond acceptors (Lipinski definition) is 7. The van der Waals surface area contributed by atoms with E-state index >= 15 is 0 Å². The molecular weight excluding hydrogens is 714 g/mol. The Balaban J connectivity index is 1.12. The molecule has 11 heteroatoms. The molecule has 1 aromatic heterocycles. The molecule has 2 N–H and O–H groups in total. The van der Waals surface area contributed by atoms with Gasteiger partial charge in [0.1, 0.15) is 28.7 Å². The van der Waals surface area contributed by atoms with Gasteiger partial charge in [0.2, 0.25) is 11.8 Å². The molecule has 10 nitrogen and oxygen atoms in total. The lowest BCUT2D eigenvalue weighted by Crippen LogP contribution is -2.37. The average molecular weight is 770 g/mol. The smallest absolute Gasteiger partial charge is 0.310 e. The first-order chi connectivity index (χ1) is 27.3. The van der Waals surface area contributed by atoms with Crippen LogP contribution in [0.2, 0.25) is 0 Å². The number of unbranched alkanes of at least 4 members (excludes halogenated alkanes) is 12. The van der Waals surface area contributed by atoms with E-state index < -0.39 is 23.0 Å². The Morgan fingerprint density at radius 3 is 1.77 bits per heavy atom. The maximum absolute atomic E-state index is 13.3. The lowest BCUT2D eigenvalue weighted by Gasteiger charge is -2.19. The average Bonchev–Trinajstić information content (AvgIpc) is 4.03. The van der Waals surface area contributed by atoms with Gasteiger partial charge in [-0.3, -0.25) is 19.0 Å². The van der Waals surface area contributed by atoms with Crippen LogP contribution in [0.3, 0.4) is 0 Å². The first-order valence-electron chi connectivity index (χ1n) is 20.1. The van der Waals surface area contributed by atoms with E-state index in [1.54, 1.807) is 61.3 Å². The van der Waals surface area contributed by atoms with Crippen LogP contribution in [0.5, 0.6) is 23.0 Å². The molecule has 56 heavy (non-hydrogen) atoms. The molecule has 0 spiro atoms. The number of rotatable bonds is 24. The van der Waals surface area contributed by atoms with Crippen LogP contribution in [-0.2, 0) is 25.9 Å². The van der Waals surface area contributed by atoms with E-state index in [1.807, 2.05) is 0 Å².